The number of ether oxygens (including phenoxy) is 1. The molecule has 5 rings (SSSR count). The fourth-order valence-electron chi connectivity index (χ4n) is 6.96. The Hall–Kier alpha value is -1.89. The predicted octanol–water partition coefficient (Wildman–Crippen LogP) is 4.80. The summed E-state index contributed by atoms with van der Waals surface area (Å²) in [5.41, 5.74) is 3.34. The lowest BCUT2D eigenvalue weighted by Crippen LogP contribution is -2.58. The van der Waals surface area contributed by atoms with Gasteiger partial charge in [0.25, 0.3) is 0 Å². The Morgan fingerprint density at radius 1 is 0.971 bits per heavy atom. The smallest absolute Gasteiger partial charge is 0.175 e. The molecule has 3 aliphatic rings. The van der Waals surface area contributed by atoms with Crippen LogP contribution in [-0.4, -0.2) is 52.4 Å². The standard InChI is InChI=1S/C29H40N2O3S/c1-35(32,33)27-13-11-26(12-14-27)34-22-6-19-31-20-16-25(17-21-31)29(24-8-3-4-9-24)28-10-5-2-7-23(28)15-18-30-29/h2,5,7,10-14,24-25,30H,3-4,6,8-9,15-22H2,1H3. The molecule has 2 aliphatic heterocycles. The van der Waals surface area contributed by atoms with E-state index in [1.165, 1.54) is 44.8 Å². The van der Waals surface area contributed by atoms with Gasteiger partial charge in [-0.25, -0.2) is 8.42 Å². The van der Waals surface area contributed by atoms with Gasteiger partial charge in [0.1, 0.15) is 5.75 Å². The number of fused-ring (bicyclic) bond motifs is 1. The third kappa shape index (κ3) is 5.30. The van der Waals surface area contributed by atoms with E-state index in [1.807, 2.05) is 0 Å². The maximum atomic E-state index is 11.6. The van der Waals surface area contributed by atoms with E-state index in [0.717, 1.165) is 50.7 Å². The zero-order valence-electron chi connectivity index (χ0n) is 21.0. The van der Waals surface area contributed by atoms with Crippen molar-refractivity contribution in [1.29, 1.82) is 0 Å². The van der Waals surface area contributed by atoms with Gasteiger partial charge in [-0.2, -0.15) is 0 Å². The van der Waals surface area contributed by atoms with Gasteiger partial charge in [0.05, 0.1) is 11.5 Å². The molecule has 0 aromatic heterocycles. The minimum absolute atomic E-state index is 0.165. The lowest BCUT2D eigenvalue weighted by molar-refractivity contribution is 0.0543. The molecule has 190 valence electrons. The monoisotopic (exact) mass is 496 g/mol. The second-order valence-corrected chi connectivity index (χ2v) is 12.8. The number of piperidine rings is 1. The van der Waals surface area contributed by atoms with Crippen molar-refractivity contribution < 1.29 is 13.2 Å². The molecule has 0 spiro atoms. The lowest BCUT2D eigenvalue weighted by atomic mass is 9.63. The molecular formula is C29H40N2O3S. The van der Waals surface area contributed by atoms with Crippen LogP contribution < -0.4 is 10.1 Å². The summed E-state index contributed by atoms with van der Waals surface area (Å²) in [4.78, 5) is 2.93. The minimum atomic E-state index is -3.17. The van der Waals surface area contributed by atoms with Gasteiger partial charge < -0.3 is 15.0 Å². The summed E-state index contributed by atoms with van der Waals surface area (Å²) in [6.45, 7) is 5.13. The number of hydrogen-bond acceptors (Lipinski definition) is 5. The van der Waals surface area contributed by atoms with E-state index >= 15 is 0 Å². The highest BCUT2D eigenvalue weighted by molar-refractivity contribution is 7.90. The molecule has 1 aliphatic carbocycles. The molecule has 2 heterocycles. The average molecular weight is 497 g/mol. The fourth-order valence-corrected chi connectivity index (χ4v) is 7.59. The van der Waals surface area contributed by atoms with E-state index in [1.54, 1.807) is 35.4 Å². The summed E-state index contributed by atoms with van der Waals surface area (Å²) in [7, 11) is -3.17. The first-order chi connectivity index (χ1) is 17.0. The van der Waals surface area contributed by atoms with Crippen LogP contribution in [0.25, 0.3) is 0 Å². The number of sulfone groups is 1. The number of rotatable bonds is 8. The van der Waals surface area contributed by atoms with Gasteiger partial charge in [-0.15, -0.1) is 0 Å². The molecule has 35 heavy (non-hydrogen) atoms. The summed E-state index contributed by atoms with van der Waals surface area (Å²) < 4.78 is 29.1. The van der Waals surface area contributed by atoms with E-state index < -0.39 is 9.84 Å². The molecule has 1 atom stereocenters. The maximum Gasteiger partial charge on any atom is 0.175 e. The van der Waals surface area contributed by atoms with E-state index in [4.69, 9.17) is 4.74 Å². The Morgan fingerprint density at radius 2 is 1.66 bits per heavy atom. The molecule has 2 fully saturated rings. The number of hydrogen-bond donors (Lipinski definition) is 1. The van der Waals surface area contributed by atoms with Crippen molar-refractivity contribution in [3.63, 3.8) is 0 Å². The van der Waals surface area contributed by atoms with Gasteiger partial charge >= 0.3 is 0 Å². The average Bonchev–Trinajstić information content (AvgIpc) is 3.42. The van der Waals surface area contributed by atoms with Crippen molar-refractivity contribution in [2.75, 3.05) is 39.0 Å². The number of nitrogens with one attached hydrogen (secondary N) is 1. The molecule has 6 heteroatoms. The van der Waals surface area contributed by atoms with Crippen LogP contribution in [0.3, 0.4) is 0 Å². The molecule has 1 N–H and O–H groups in total. The molecule has 0 radical (unpaired) electrons. The summed E-state index contributed by atoms with van der Waals surface area (Å²) in [6.07, 6.45) is 11.4. The van der Waals surface area contributed by atoms with Crippen molar-refractivity contribution in [2.45, 2.75) is 61.8 Å². The first-order valence-corrected chi connectivity index (χ1v) is 15.3. The highest BCUT2D eigenvalue weighted by Gasteiger charge is 2.49. The SMILES string of the molecule is CS(=O)(=O)c1ccc(OCCCN2CCC(C3(C4CCCC4)NCCc4ccccc43)CC2)cc1. The van der Waals surface area contributed by atoms with Crippen LogP contribution in [0.4, 0.5) is 0 Å². The predicted molar refractivity (Wildman–Crippen MR) is 141 cm³/mol. The summed E-state index contributed by atoms with van der Waals surface area (Å²) in [6, 6.07) is 16.0. The largest absolute Gasteiger partial charge is 0.494 e. The quantitative estimate of drug-likeness (QED) is 0.532. The number of nitrogens with zero attached hydrogens (tertiary/aromatic N) is 1. The number of benzene rings is 2. The molecule has 0 amide bonds. The minimum Gasteiger partial charge on any atom is -0.494 e. The Balaban J connectivity index is 1.15. The zero-order chi connectivity index (χ0) is 24.3. The summed E-state index contributed by atoms with van der Waals surface area (Å²) in [5.74, 6) is 2.20. The van der Waals surface area contributed by atoms with Crippen LogP contribution in [0.1, 0.15) is 56.1 Å². The molecule has 2 aromatic rings. The highest BCUT2D eigenvalue weighted by atomic mass is 32.2. The van der Waals surface area contributed by atoms with Crippen LogP contribution in [0.5, 0.6) is 5.75 Å². The van der Waals surface area contributed by atoms with E-state index in [2.05, 4.69) is 34.5 Å². The van der Waals surface area contributed by atoms with E-state index in [0.29, 0.717) is 17.4 Å². The van der Waals surface area contributed by atoms with Crippen molar-refractivity contribution in [3.05, 3.63) is 59.7 Å². The zero-order valence-corrected chi connectivity index (χ0v) is 21.9. The van der Waals surface area contributed by atoms with E-state index in [9.17, 15) is 8.42 Å². The first kappa shape index (κ1) is 24.8. The highest BCUT2D eigenvalue weighted by Crippen LogP contribution is 2.50. The van der Waals surface area contributed by atoms with Gasteiger partial charge in [-0.3, -0.25) is 0 Å². The molecular weight excluding hydrogens is 456 g/mol. The number of likely N-dealkylation sites (tertiary alicyclic amines) is 1. The maximum absolute atomic E-state index is 11.6. The van der Waals surface area contributed by atoms with Crippen molar-refractivity contribution in [3.8, 4) is 5.75 Å². The van der Waals surface area contributed by atoms with Gasteiger partial charge in [0.2, 0.25) is 0 Å². The second kappa shape index (κ2) is 10.6. The van der Waals surface area contributed by atoms with Crippen molar-refractivity contribution in [1.82, 2.24) is 10.2 Å². The lowest BCUT2D eigenvalue weighted by Gasteiger charge is -2.52. The molecule has 1 unspecified atom stereocenters. The molecule has 0 bridgehead atoms. The summed E-state index contributed by atoms with van der Waals surface area (Å²) in [5, 5.41) is 4.12. The first-order valence-electron chi connectivity index (χ1n) is 13.5. The Labute approximate surface area is 211 Å². The molecule has 5 nitrogen and oxygen atoms in total. The van der Waals surface area contributed by atoms with Gasteiger partial charge in [0, 0.05) is 24.9 Å². The normalized spacial score (nSPS) is 24.4. The van der Waals surface area contributed by atoms with Crippen LogP contribution in [0.15, 0.2) is 53.4 Å². The van der Waals surface area contributed by atoms with Crippen LogP contribution in [-0.2, 0) is 21.8 Å². The molecule has 1 saturated heterocycles. The Kier molecular flexibility index (Phi) is 7.52. The van der Waals surface area contributed by atoms with Crippen LogP contribution in [0.2, 0.25) is 0 Å². The van der Waals surface area contributed by atoms with Crippen LogP contribution in [0, 0.1) is 11.8 Å². The molecule has 2 aromatic carbocycles. The van der Waals surface area contributed by atoms with E-state index in [-0.39, 0.29) is 5.54 Å². The van der Waals surface area contributed by atoms with Gasteiger partial charge in [0.15, 0.2) is 9.84 Å². The summed E-state index contributed by atoms with van der Waals surface area (Å²) >= 11 is 0. The van der Waals surface area contributed by atoms with Crippen LogP contribution >= 0.6 is 0 Å². The Bertz CT molecular complexity index is 1090. The van der Waals surface area contributed by atoms with Gasteiger partial charge in [-0.1, -0.05) is 37.1 Å². The van der Waals surface area contributed by atoms with Crippen molar-refractivity contribution in [2.24, 2.45) is 11.8 Å². The molecule has 1 saturated carbocycles. The second-order valence-electron chi connectivity index (χ2n) is 10.7. The van der Waals surface area contributed by atoms with Crippen molar-refractivity contribution >= 4 is 9.84 Å². The fraction of sp³-hybridized carbons (Fsp3) is 0.586. The van der Waals surface area contributed by atoms with Gasteiger partial charge in [-0.05, 0) is 98.8 Å². The topological polar surface area (TPSA) is 58.6 Å². The third-order valence-electron chi connectivity index (χ3n) is 8.64. The third-order valence-corrected chi connectivity index (χ3v) is 9.77. The Morgan fingerprint density at radius 3 is 2.37 bits per heavy atom.